The van der Waals surface area contributed by atoms with Crippen LogP contribution in [0.2, 0.25) is 5.02 Å². The van der Waals surface area contributed by atoms with E-state index in [4.69, 9.17) is 16.3 Å². The van der Waals surface area contributed by atoms with Crippen LogP contribution in [0.25, 0.3) is 44.4 Å². The van der Waals surface area contributed by atoms with E-state index < -0.39 is 28.6 Å². The normalized spacial score (nSPS) is 11.8. The molecule has 0 N–H and O–H groups in total. The van der Waals surface area contributed by atoms with Crippen LogP contribution in [0.4, 0.5) is 8.78 Å². The van der Waals surface area contributed by atoms with Crippen LogP contribution in [0, 0.1) is 23.0 Å². The minimum absolute atomic E-state index is 0.299. The molecule has 0 saturated carbocycles. The summed E-state index contributed by atoms with van der Waals surface area (Å²) in [5.74, 6) is -1.48. The van der Waals surface area contributed by atoms with Gasteiger partial charge in [0, 0.05) is 32.7 Å². The van der Waals surface area contributed by atoms with Gasteiger partial charge in [-0.1, -0.05) is 35.9 Å². The third-order valence-electron chi connectivity index (χ3n) is 6.94. The van der Waals surface area contributed by atoms with Crippen molar-refractivity contribution in [1.82, 2.24) is 3.97 Å². The van der Waals surface area contributed by atoms with Crippen LogP contribution in [-0.4, -0.2) is 21.3 Å². The third-order valence-corrected chi connectivity index (χ3v) is 9.46. The monoisotopic (exact) mass is 628 g/mol. The summed E-state index contributed by atoms with van der Waals surface area (Å²) in [5.41, 5.74) is 4.30. The Kier molecular flexibility index (Phi) is 7.67. The number of methoxy groups -OCH3 is 1. The highest BCUT2D eigenvalue weighted by Gasteiger charge is 2.27. The lowest BCUT2D eigenvalue weighted by atomic mass is 9.96. The molecular formula is C33H19ClF2N2O3S2. The van der Waals surface area contributed by atoms with Gasteiger partial charge < -0.3 is 4.74 Å². The second kappa shape index (κ2) is 11.6. The van der Waals surface area contributed by atoms with E-state index in [0.29, 0.717) is 64.8 Å². The molecule has 5 nitrogen and oxygen atoms in total. The lowest BCUT2D eigenvalue weighted by molar-refractivity contribution is 0.0600. The van der Waals surface area contributed by atoms with Crippen molar-refractivity contribution in [3.05, 3.63) is 123 Å². The van der Waals surface area contributed by atoms with Crippen LogP contribution >= 0.6 is 22.9 Å². The Morgan fingerprint density at radius 2 is 1.67 bits per heavy atom. The van der Waals surface area contributed by atoms with Gasteiger partial charge in [-0.25, -0.2) is 17.8 Å². The number of carbonyl (C=O) groups excluding carboxylic acids is 1. The number of carbonyl (C=O) groups is 1. The number of ether oxygens (including phenoxy) is 1. The van der Waals surface area contributed by atoms with Crippen LogP contribution in [0.5, 0.6) is 0 Å². The predicted molar refractivity (Wildman–Crippen MR) is 165 cm³/mol. The number of aromatic nitrogens is 1. The van der Waals surface area contributed by atoms with E-state index in [-0.39, 0.29) is 0 Å². The minimum atomic E-state index is -1.89. The summed E-state index contributed by atoms with van der Waals surface area (Å²) in [6.45, 7) is 0. The molecule has 4 aromatic carbocycles. The maximum absolute atomic E-state index is 14.8. The van der Waals surface area contributed by atoms with Crippen LogP contribution in [0.1, 0.15) is 15.2 Å². The Bertz CT molecular complexity index is 2110. The fraction of sp³-hybridized carbons (Fsp3) is 0.0303. The first kappa shape index (κ1) is 28.5. The maximum atomic E-state index is 14.8. The first-order chi connectivity index (χ1) is 20.8. The molecule has 43 heavy (non-hydrogen) atoms. The standard InChI is InChI=1S/C33H19ClF2N2O3S2/c1-41-33(39)21-5-11-25(28(34)16-21)19-3-2-4-20(15-19)32-31(26-13-14-42-30(26)18-37)27-17-23(36)8-12-29(27)38(32)43(40)24-9-6-22(35)7-10-24/h2-17H,1H3. The van der Waals surface area contributed by atoms with Crippen LogP contribution in [-0.2, 0) is 15.7 Å². The first-order valence-corrected chi connectivity index (χ1v) is 15.2. The van der Waals surface area contributed by atoms with Crippen LogP contribution < -0.4 is 0 Å². The van der Waals surface area contributed by atoms with Gasteiger partial charge in [-0.2, -0.15) is 5.26 Å². The molecule has 1 unspecified atom stereocenters. The quantitative estimate of drug-likeness (QED) is 0.173. The number of nitriles is 1. The van der Waals surface area contributed by atoms with Gasteiger partial charge in [-0.15, -0.1) is 11.3 Å². The van der Waals surface area contributed by atoms with E-state index in [0.717, 1.165) is 0 Å². The largest absolute Gasteiger partial charge is 0.465 e. The highest BCUT2D eigenvalue weighted by molar-refractivity contribution is 7.83. The van der Waals surface area contributed by atoms with Crippen molar-refractivity contribution in [3.63, 3.8) is 0 Å². The molecule has 0 amide bonds. The smallest absolute Gasteiger partial charge is 0.337 e. The third kappa shape index (κ3) is 5.14. The van der Waals surface area contributed by atoms with Gasteiger partial charge >= 0.3 is 5.97 Å². The molecule has 6 aromatic rings. The number of nitrogens with zero attached hydrogens (tertiary/aromatic N) is 2. The molecule has 0 spiro atoms. The SMILES string of the molecule is COC(=O)c1ccc(-c2cccc(-c3c(-c4ccsc4C#N)c4cc(F)ccc4n3S(=O)c3ccc(F)cc3)c2)c(Cl)c1. The Labute approximate surface area is 256 Å². The fourth-order valence-corrected chi connectivity index (χ4v) is 7.28. The van der Waals surface area contributed by atoms with Crippen molar-refractivity contribution in [2.75, 3.05) is 7.11 Å². The molecule has 0 aliphatic carbocycles. The topological polar surface area (TPSA) is 72.1 Å². The second-order valence-corrected chi connectivity index (χ2v) is 12.1. The van der Waals surface area contributed by atoms with Crippen molar-refractivity contribution in [2.24, 2.45) is 0 Å². The van der Waals surface area contributed by atoms with Crippen molar-refractivity contribution in [2.45, 2.75) is 4.90 Å². The molecule has 10 heteroatoms. The lowest BCUT2D eigenvalue weighted by Gasteiger charge is -2.14. The highest BCUT2D eigenvalue weighted by atomic mass is 35.5. The summed E-state index contributed by atoms with van der Waals surface area (Å²) < 4.78 is 49.2. The van der Waals surface area contributed by atoms with Crippen molar-refractivity contribution >= 4 is 50.8 Å². The van der Waals surface area contributed by atoms with E-state index >= 15 is 0 Å². The number of rotatable bonds is 6. The molecule has 1 atom stereocenters. The molecule has 212 valence electrons. The van der Waals surface area contributed by atoms with Gasteiger partial charge in [0.25, 0.3) is 0 Å². The van der Waals surface area contributed by atoms with Crippen molar-refractivity contribution < 1.29 is 22.5 Å². The number of hydrogen-bond donors (Lipinski definition) is 0. The molecule has 0 aliphatic rings. The Morgan fingerprint density at radius 3 is 2.40 bits per heavy atom. The van der Waals surface area contributed by atoms with Gasteiger partial charge in [0.05, 0.1) is 28.8 Å². The van der Waals surface area contributed by atoms with E-state index in [1.165, 1.54) is 60.9 Å². The molecule has 0 aliphatic heterocycles. The molecule has 0 bridgehead atoms. The number of thiophene rings is 1. The van der Waals surface area contributed by atoms with Crippen LogP contribution in [0.15, 0.2) is 101 Å². The summed E-state index contributed by atoms with van der Waals surface area (Å²) >= 11 is 7.85. The maximum Gasteiger partial charge on any atom is 0.337 e. The first-order valence-electron chi connectivity index (χ1n) is 12.8. The lowest BCUT2D eigenvalue weighted by Crippen LogP contribution is -2.07. The van der Waals surface area contributed by atoms with E-state index in [1.807, 2.05) is 18.2 Å². The fourth-order valence-electron chi connectivity index (χ4n) is 5.02. The predicted octanol–water partition coefficient (Wildman–Crippen LogP) is 8.86. The van der Waals surface area contributed by atoms with Gasteiger partial charge in [0.1, 0.15) is 22.6 Å². The number of esters is 1. The van der Waals surface area contributed by atoms with E-state index in [9.17, 15) is 23.0 Å². The molecule has 0 fully saturated rings. The highest BCUT2D eigenvalue weighted by Crippen LogP contribution is 2.45. The average molecular weight is 629 g/mol. The van der Waals surface area contributed by atoms with Crippen LogP contribution in [0.3, 0.4) is 0 Å². The molecule has 0 radical (unpaired) electrons. The summed E-state index contributed by atoms with van der Waals surface area (Å²) in [5, 5.41) is 12.5. The zero-order chi connectivity index (χ0) is 30.2. The summed E-state index contributed by atoms with van der Waals surface area (Å²) in [6.07, 6.45) is 0. The number of benzene rings is 4. The Hall–Kier alpha value is -4.62. The molecular weight excluding hydrogens is 610 g/mol. The molecule has 0 saturated heterocycles. The number of halogens is 3. The minimum Gasteiger partial charge on any atom is -0.465 e. The van der Waals surface area contributed by atoms with E-state index in [1.54, 1.807) is 39.7 Å². The number of hydrogen-bond acceptors (Lipinski definition) is 5. The van der Waals surface area contributed by atoms with E-state index in [2.05, 4.69) is 6.07 Å². The van der Waals surface area contributed by atoms with Crippen molar-refractivity contribution in [3.8, 4) is 39.6 Å². The Balaban J connectivity index is 1.66. The average Bonchev–Trinajstić information content (AvgIpc) is 3.62. The summed E-state index contributed by atoms with van der Waals surface area (Å²) in [6, 6.07) is 25.7. The van der Waals surface area contributed by atoms with Crippen molar-refractivity contribution in [1.29, 1.82) is 5.26 Å². The van der Waals surface area contributed by atoms with Gasteiger partial charge in [-0.3, -0.25) is 3.97 Å². The zero-order valence-electron chi connectivity index (χ0n) is 22.3. The van der Waals surface area contributed by atoms with Gasteiger partial charge in [-0.05, 0) is 77.7 Å². The number of fused-ring (bicyclic) bond motifs is 1. The molecule has 6 rings (SSSR count). The summed E-state index contributed by atoms with van der Waals surface area (Å²) in [7, 11) is -0.603. The Morgan fingerprint density at radius 1 is 0.930 bits per heavy atom. The molecule has 2 heterocycles. The molecule has 2 aromatic heterocycles. The zero-order valence-corrected chi connectivity index (χ0v) is 24.7. The second-order valence-electron chi connectivity index (χ2n) is 9.42. The summed E-state index contributed by atoms with van der Waals surface area (Å²) in [4.78, 5) is 12.8. The van der Waals surface area contributed by atoms with Gasteiger partial charge in [0.2, 0.25) is 0 Å². The van der Waals surface area contributed by atoms with Gasteiger partial charge in [0.15, 0.2) is 11.0 Å².